The number of ether oxygens (including phenoxy) is 1. The second kappa shape index (κ2) is 6.60. The zero-order chi connectivity index (χ0) is 16.5. The summed E-state index contributed by atoms with van der Waals surface area (Å²) in [6.07, 6.45) is 4.31. The Balaban J connectivity index is 1.43. The standard InChI is InChI=1S/C16H23N5O3/c1-3-22-10(2)14-17-13(23-19-14)9-21-8-4-5-12(21)15-18-16(24-20-15)11-6-7-11/h10-12H,3-9H2,1-2H3/t10-,12+/m1/s1. The van der Waals surface area contributed by atoms with Crippen LogP contribution in [0.1, 0.15) is 81.0 Å². The summed E-state index contributed by atoms with van der Waals surface area (Å²) in [7, 11) is 0. The van der Waals surface area contributed by atoms with Gasteiger partial charge in [-0.15, -0.1) is 0 Å². The van der Waals surface area contributed by atoms with E-state index in [1.807, 2.05) is 13.8 Å². The highest BCUT2D eigenvalue weighted by Crippen LogP contribution is 2.40. The molecule has 24 heavy (non-hydrogen) atoms. The van der Waals surface area contributed by atoms with Crippen LogP contribution in [0.15, 0.2) is 9.05 Å². The van der Waals surface area contributed by atoms with E-state index in [1.165, 1.54) is 12.8 Å². The highest BCUT2D eigenvalue weighted by Gasteiger charge is 2.34. The Labute approximate surface area is 140 Å². The van der Waals surface area contributed by atoms with Gasteiger partial charge in [0.15, 0.2) is 11.6 Å². The Morgan fingerprint density at radius 2 is 2.08 bits per heavy atom. The predicted molar refractivity (Wildman–Crippen MR) is 83.0 cm³/mol. The highest BCUT2D eigenvalue weighted by molar-refractivity contribution is 5.05. The molecule has 3 heterocycles. The first-order chi connectivity index (χ1) is 11.7. The van der Waals surface area contributed by atoms with Crippen LogP contribution in [0.3, 0.4) is 0 Å². The monoisotopic (exact) mass is 333 g/mol. The minimum atomic E-state index is -0.153. The van der Waals surface area contributed by atoms with Gasteiger partial charge in [-0.3, -0.25) is 4.90 Å². The summed E-state index contributed by atoms with van der Waals surface area (Å²) in [5, 5.41) is 8.22. The molecule has 2 fully saturated rings. The van der Waals surface area contributed by atoms with Gasteiger partial charge in [-0.25, -0.2) is 0 Å². The van der Waals surface area contributed by atoms with Crippen LogP contribution in [0, 0.1) is 0 Å². The lowest BCUT2D eigenvalue weighted by molar-refractivity contribution is 0.0683. The largest absolute Gasteiger partial charge is 0.371 e. The van der Waals surface area contributed by atoms with Crippen molar-refractivity contribution >= 4 is 0 Å². The zero-order valence-electron chi connectivity index (χ0n) is 14.1. The van der Waals surface area contributed by atoms with E-state index in [9.17, 15) is 0 Å². The van der Waals surface area contributed by atoms with E-state index in [-0.39, 0.29) is 12.1 Å². The van der Waals surface area contributed by atoms with Crippen LogP contribution in [-0.2, 0) is 11.3 Å². The van der Waals surface area contributed by atoms with Gasteiger partial charge in [-0.2, -0.15) is 9.97 Å². The maximum absolute atomic E-state index is 5.50. The van der Waals surface area contributed by atoms with Gasteiger partial charge in [0, 0.05) is 12.5 Å². The SMILES string of the molecule is CCO[C@H](C)c1noc(CN2CCC[C@H]2c2noc(C3CC3)n2)n1. The van der Waals surface area contributed by atoms with E-state index < -0.39 is 0 Å². The third-order valence-electron chi connectivity index (χ3n) is 4.65. The van der Waals surface area contributed by atoms with Gasteiger partial charge in [0.25, 0.3) is 0 Å². The molecule has 2 aromatic heterocycles. The van der Waals surface area contributed by atoms with Gasteiger partial charge in [0.1, 0.15) is 6.10 Å². The Hall–Kier alpha value is -1.80. The minimum absolute atomic E-state index is 0.153. The molecular weight excluding hydrogens is 310 g/mol. The molecule has 0 amide bonds. The van der Waals surface area contributed by atoms with Crippen molar-refractivity contribution in [1.29, 1.82) is 0 Å². The minimum Gasteiger partial charge on any atom is -0.371 e. The van der Waals surface area contributed by atoms with Crippen LogP contribution in [0.5, 0.6) is 0 Å². The van der Waals surface area contributed by atoms with Crippen molar-refractivity contribution < 1.29 is 13.8 Å². The third kappa shape index (κ3) is 3.21. The normalized spacial score (nSPS) is 23.0. The van der Waals surface area contributed by atoms with Crippen molar-refractivity contribution in [3.8, 4) is 0 Å². The highest BCUT2D eigenvalue weighted by atomic mass is 16.5. The Bertz CT molecular complexity index is 681. The van der Waals surface area contributed by atoms with E-state index in [0.29, 0.717) is 30.8 Å². The number of hydrogen-bond acceptors (Lipinski definition) is 8. The quantitative estimate of drug-likeness (QED) is 0.764. The Morgan fingerprint density at radius 1 is 1.21 bits per heavy atom. The number of hydrogen-bond donors (Lipinski definition) is 0. The van der Waals surface area contributed by atoms with Crippen LogP contribution in [0.2, 0.25) is 0 Å². The number of nitrogens with zero attached hydrogens (tertiary/aromatic N) is 5. The van der Waals surface area contributed by atoms with Crippen molar-refractivity contribution in [3.05, 3.63) is 23.4 Å². The summed E-state index contributed by atoms with van der Waals surface area (Å²) in [6.45, 7) is 6.07. The Morgan fingerprint density at radius 3 is 2.88 bits per heavy atom. The molecule has 0 N–H and O–H groups in total. The molecular formula is C16H23N5O3. The van der Waals surface area contributed by atoms with Crippen LogP contribution in [0.4, 0.5) is 0 Å². The number of rotatable bonds is 7. The topological polar surface area (TPSA) is 90.3 Å². The first-order valence-electron chi connectivity index (χ1n) is 8.76. The lowest BCUT2D eigenvalue weighted by Crippen LogP contribution is -2.23. The number of aromatic nitrogens is 4. The molecule has 2 aliphatic rings. The van der Waals surface area contributed by atoms with Gasteiger partial charge >= 0.3 is 0 Å². The van der Waals surface area contributed by atoms with Gasteiger partial charge in [-0.1, -0.05) is 10.3 Å². The summed E-state index contributed by atoms with van der Waals surface area (Å²) in [6, 6.07) is 0.168. The summed E-state index contributed by atoms with van der Waals surface area (Å²) in [4.78, 5) is 11.3. The predicted octanol–water partition coefficient (Wildman–Crippen LogP) is 2.76. The second-order valence-corrected chi connectivity index (χ2v) is 6.54. The molecule has 1 saturated heterocycles. The second-order valence-electron chi connectivity index (χ2n) is 6.54. The van der Waals surface area contributed by atoms with E-state index in [2.05, 4.69) is 25.2 Å². The molecule has 0 spiro atoms. The van der Waals surface area contributed by atoms with Crippen molar-refractivity contribution in [1.82, 2.24) is 25.2 Å². The van der Waals surface area contributed by atoms with E-state index in [0.717, 1.165) is 31.1 Å². The molecule has 0 bridgehead atoms. The van der Waals surface area contributed by atoms with E-state index in [4.69, 9.17) is 13.8 Å². The number of likely N-dealkylation sites (tertiary alicyclic amines) is 1. The lowest BCUT2D eigenvalue weighted by Gasteiger charge is -2.19. The lowest BCUT2D eigenvalue weighted by atomic mass is 10.2. The molecule has 0 radical (unpaired) electrons. The fourth-order valence-electron chi connectivity index (χ4n) is 3.18. The fourth-order valence-corrected chi connectivity index (χ4v) is 3.18. The van der Waals surface area contributed by atoms with E-state index in [1.54, 1.807) is 0 Å². The van der Waals surface area contributed by atoms with Gasteiger partial charge < -0.3 is 13.8 Å². The van der Waals surface area contributed by atoms with Crippen molar-refractivity contribution in [2.24, 2.45) is 0 Å². The molecule has 1 aliphatic heterocycles. The summed E-state index contributed by atoms with van der Waals surface area (Å²) < 4.78 is 16.3. The Kier molecular flexibility index (Phi) is 4.32. The van der Waals surface area contributed by atoms with Crippen molar-refractivity contribution in [3.63, 3.8) is 0 Å². The van der Waals surface area contributed by atoms with Crippen LogP contribution in [-0.4, -0.2) is 38.3 Å². The molecule has 1 aliphatic carbocycles. The van der Waals surface area contributed by atoms with Crippen molar-refractivity contribution in [2.75, 3.05) is 13.2 Å². The maximum atomic E-state index is 5.50. The third-order valence-corrected chi connectivity index (χ3v) is 4.65. The zero-order valence-corrected chi connectivity index (χ0v) is 14.1. The summed E-state index contributed by atoms with van der Waals surface area (Å²) in [5.74, 6) is 3.27. The average molecular weight is 333 g/mol. The molecule has 4 rings (SSSR count). The molecule has 2 atom stereocenters. The van der Waals surface area contributed by atoms with Crippen molar-refractivity contribution in [2.45, 2.75) is 64.1 Å². The smallest absolute Gasteiger partial charge is 0.240 e. The summed E-state index contributed by atoms with van der Waals surface area (Å²) >= 11 is 0. The molecule has 8 heteroatoms. The van der Waals surface area contributed by atoms with Crippen LogP contribution >= 0.6 is 0 Å². The molecule has 0 aromatic carbocycles. The molecule has 0 unspecified atom stereocenters. The van der Waals surface area contributed by atoms with Gasteiger partial charge in [0.05, 0.1) is 12.6 Å². The van der Waals surface area contributed by atoms with Crippen LogP contribution in [0.25, 0.3) is 0 Å². The van der Waals surface area contributed by atoms with E-state index >= 15 is 0 Å². The average Bonchev–Trinajstić information content (AvgIpc) is 3.01. The molecule has 1 saturated carbocycles. The maximum Gasteiger partial charge on any atom is 0.240 e. The fraction of sp³-hybridized carbons (Fsp3) is 0.750. The summed E-state index contributed by atoms with van der Waals surface area (Å²) in [5.41, 5.74) is 0. The molecule has 130 valence electrons. The first kappa shape index (κ1) is 15.7. The van der Waals surface area contributed by atoms with Gasteiger partial charge in [-0.05, 0) is 46.1 Å². The molecule has 2 aromatic rings. The first-order valence-corrected chi connectivity index (χ1v) is 8.76. The van der Waals surface area contributed by atoms with Gasteiger partial charge in [0.2, 0.25) is 11.8 Å². The van der Waals surface area contributed by atoms with Crippen LogP contribution < -0.4 is 0 Å². The molecule has 8 nitrogen and oxygen atoms in total.